The number of hydrogen-bond acceptors (Lipinski definition) is 6. The van der Waals surface area contributed by atoms with E-state index in [4.69, 9.17) is 4.52 Å². The number of aromatic nitrogens is 1. The van der Waals surface area contributed by atoms with E-state index in [-0.39, 0.29) is 17.2 Å². The molecule has 1 amide bonds. The number of carbonyl (C=O) groups excluding carboxylic acids is 1. The molecule has 0 spiro atoms. The summed E-state index contributed by atoms with van der Waals surface area (Å²) in [6.07, 6.45) is 4.88. The van der Waals surface area contributed by atoms with Gasteiger partial charge in [0.25, 0.3) is 5.91 Å². The molecule has 156 valence electrons. The van der Waals surface area contributed by atoms with Gasteiger partial charge in [-0.15, -0.1) is 0 Å². The highest BCUT2D eigenvalue weighted by atomic mass is 32.2. The lowest BCUT2D eigenvalue weighted by Crippen LogP contribution is -2.50. The molecule has 8 nitrogen and oxygen atoms in total. The fourth-order valence-corrected chi connectivity index (χ4v) is 6.15. The summed E-state index contributed by atoms with van der Waals surface area (Å²) in [4.78, 5) is 14.7. The van der Waals surface area contributed by atoms with Crippen LogP contribution >= 0.6 is 0 Å². The van der Waals surface area contributed by atoms with E-state index in [0.717, 1.165) is 38.2 Å². The zero-order valence-electron chi connectivity index (χ0n) is 16.5. The standard InChI is InChI=1S/C19H30N4O4S/c1-2-22-9-7-16(8-10-22)28(25,26)23-11-5-15(6-12-23)20-19(24)17-13-18(27-21-17)14-3-4-14/h13-16H,2-12H2,1H3,(H,20,24). The molecule has 1 aliphatic carbocycles. The largest absolute Gasteiger partial charge is 0.360 e. The van der Waals surface area contributed by atoms with Crippen LogP contribution in [0.3, 0.4) is 0 Å². The van der Waals surface area contributed by atoms with Crippen LogP contribution in [-0.2, 0) is 10.0 Å². The van der Waals surface area contributed by atoms with Gasteiger partial charge < -0.3 is 14.7 Å². The average Bonchev–Trinajstić information content (AvgIpc) is 3.45. The summed E-state index contributed by atoms with van der Waals surface area (Å²) < 4.78 is 32.8. The van der Waals surface area contributed by atoms with Gasteiger partial charge in [0, 0.05) is 31.1 Å². The van der Waals surface area contributed by atoms with Gasteiger partial charge in [0.05, 0.1) is 5.25 Å². The van der Waals surface area contributed by atoms with Crippen LogP contribution in [0, 0.1) is 0 Å². The minimum atomic E-state index is -3.25. The quantitative estimate of drug-likeness (QED) is 0.765. The lowest BCUT2D eigenvalue weighted by molar-refractivity contribution is 0.0914. The number of nitrogens with one attached hydrogen (secondary N) is 1. The molecule has 2 saturated heterocycles. The van der Waals surface area contributed by atoms with Gasteiger partial charge in [0.15, 0.2) is 5.69 Å². The van der Waals surface area contributed by atoms with Gasteiger partial charge in [-0.05, 0) is 58.2 Å². The first kappa shape index (κ1) is 19.8. The maximum absolute atomic E-state index is 13.0. The molecule has 1 saturated carbocycles. The highest BCUT2D eigenvalue weighted by molar-refractivity contribution is 7.89. The van der Waals surface area contributed by atoms with Gasteiger partial charge in [-0.3, -0.25) is 4.79 Å². The molecule has 3 aliphatic rings. The molecule has 0 radical (unpaired) electrons. The molecule has 28 heavy (non-hydrogen) atoms. The highest BCUT2D eigenvalue weighted by Crippen LogP contribution is 2.40. The van der Waals surface area contributed by atoms with Crippen LogP contribution in [-0.4, -0.2) is 72.7 Å². The molecule has 1 aromatic rings. The molecule has 2 aliphatic heterocycles. The lowest BCUT2D eigenvalue weighted by atomic mass is 10.1. The molecule has 0 unspecified atom stereocenters. The van der Waals surface area contributed by atoms with Crippen LogP contribution in [0.4, 0.5) is 0 Å². The van der Waals surface area contributed by atoms with E-state index in [2.05, 4.69) is 22.3 Å². The molecule has 1 N–H and O–H groups in total. The van der Waals surface area contributed by atoms with E-state index in [1.54, 1.807) is 10.4 Å². The van der Waals surface area contributed by atoms with Crippen molar-refractivity contribution in [1.82, 2.24) is 19.7 Å². The van der Waals surface area contributed by atoms with Crippen molar-refractivity contribution in [1.29, 1.82) is 0 Å². The van der Waals surface area contributed by atoms with Gasteiger partial charge in [0.2, 0.25) is 10.0 Å². The van der Waals surface area contributed by atoms with Gasteiger partial charge >= 0.3 is 0 Å². The number of sulfonamides is 1. The van der Waals surface area contributed by atoms with Crippen LogP contribution in [0.5, 0.6) is 0 Å². The van der Waals surface area contributed by atoms with Crippen molar-refractivity contribution in [3.05, 3.63) is 17.5 Å². The Kier molecular flexibility index (Phi) is 5.76. The van der Waals surface area contributed by atoms with Crippen molar-refractivity contribution in [3.63, 3.8) is 0 Å². The van der Waals surface area contributed by atoms with Gasteiger partial charge in [-0.2, -0.15) is 0 Å². The fourth-order valence-electron chi connectivity index (χ4n) is 4.20. The minimum absolute atomic E-state index is 0.0260. The maximum Gasteiger partial charge on any atom is 0.273 e. The molecular formula is C19H30N4O4S. The van der Waals surface area contributed by atoms with Crippen molar-refractivity contribution in [2.24, 2.45) is 0 Å². The van der Waals surface area contributed by atoms with Crippen molar-refractivity contribution >= 4 is 15.9 Å². The number of carbonyl (C=O) groups is 1. The third-order valence-electron chi connectivity index (χ3n) is 6.29. The lowest BCUT2D eigenvalue weighted by Gasteiger charge is -2.37. The molecule has 4 rings (SSSR count). The summed E-state index contributed by atoms with van der Waals surface area (Å²) >= 11 is 0. The average molecular weight is 411 g/mol. The Labute approximate surface area is 166 Å². The first-order valence-corrected chi connectivity index (χ1v) is 12.0. The number of piperidine rings is 2. The SMILES string of the molecule is CCN1CCC(S(=O)(=O)N2CCC(NC(=O)c3cc(C4CC4)on3)CC2)CC1. The normalized spacial score (nSPS) is 23.8. The maximum atomic E-state index is 13.0. The Hall–Kier alpha value is -1.45. The van der Waals surface area contributed by atoms with Crippen molar-refractivity contribution in [2.45, 2.75) is 62.7 Å². The molecule has 3 heterocycles. The summed E-state index contributed by atoms with van der Waals surface area (Å²) in [5, 5.41) is 6.59. The Morgan fingerprint density at radius 2 is 1.82 bits per heavy atom. The zero-order valence-corrected chi connectivity index (χ0v) is 17.3. The number of nitrogens with zero attached hydrogens (tertiary/aromatic N) is 3. The Morgan fingerprint density at radius 1 is 1.14 bits per heavy atom. The first-order chi connectivity index (χ1) is 13.5. The summed E-state index contributed by atoms with van der Waals surface area (Å²) in [7, 11) is -3.25. The molecular weight excluding hydrogens is 380 g/mol. The molecule has 0 atom stereocenters. The summed E-state index contributed by atoms with van der Waals surface area (Å²) in [6.45, 7) is 5.73. The van der Waals surface area contributed by atoms with Crippen LogP contribution < -0.4 is 5.32 Å². The van der Waals surface area contributed by atoms with E-state index in [9.17, 15) is 13.2 Å². The summed E-state index contributed by atoms with van der Waals surface area (Å²) in [5.74, 6) is 0.982. The molecule has 1 aromatic heterocycles. The second kappa shape index (κ2) is 8.12. The van der Waals surface area contributed by atoms with E-state index in [1.807, 2.05) is 0 Å². The summed E-state index contributed by atoms with van der Waals surface area (Å²) in [5.41, 5.74) is 0.319. The van der Waals surface area contributed by atoms with Gasteiger partial charge in [-0.25, -0.2) is 12.7 Å². The molecule has 0 aromatic carbocycles. The Balaban J connectivity index is 1.27. The number of hydrogen-bond donors (Lipinski definition) is 1. The van der Waals surface area contributed by atoms with Crippen molar-refractivity contribution in [3.8, 4) is 0 Å². The monoisotopic (exact) mass is 410 g/mol. The van der Waals surface area contributed by atoms with Gasteiger partial charge in [0.1, 0.15) is 5.76 Å². The van der Waals surface area contributed by atoms with E-state index in [1.165, 1.54) is 0 Å². The molecule has 0 bridgehead atoms. The minimum Gasteiger partial charge on any atom is -0.360 e. The van der Waals surface area contributed by atoms with Crippen LogP contribution in [0.2, 0.25) is 0 Å². The smallest absolute Gasteiger partial charge is 0.273 e. The second-order valence-electron chi connectivity index (χ2n) is 8.21. The van der Waals surface area contributed by atoms with Crippen molar-refractivity contribution < 1.29 is 17.7 Å². The third kappa shape index (κ3) is 4.26. The van der Waals surface area contributed by atoms with E-state index in [0.29, 0.717) is 50.4 Å². The predicted molar refractivity (Wildman–Crippen MR) is 105 cm³/mol. The number of likely N-dealkylation sites (tertiary alicyclic amines) is 1. The van der Waals surface area contributed by atoms with Crippen LogP contribution in [0.25, 0.3) is 0 Å². The molecule has 3 fully saturated rings. The topological polar surface area (TPSA) is 95.8 Å². The Bertz CT molecular complexity index is 789. The predicted octanol–water partition coefficient (Wildman–Crippen LogP) is 1.56. The van der Waals surface area contributed by atoms with Crippen molar-refractivity contribution in [2.75, 3.05) is 32.7 Å². The highest BCUT2D eigenvalue weighted by Gasteiger charge is 2.37. The van der Waals surface area contributed by atoms with Gasteiger partial charge in [-0.1, -0.05) is 12.1 Å². The third-order valence-corrected chi connectivity index (χ3v) is 8.69. The second-order valence-corrected chi connectivity index (χ2v) is 10.4. The zero-order chi connectivity index (χ0) is 19.7. The summed E-state index contributed by atoms with van der Waals surface area (Å²) in [6, 6.07) is 1.71. The van der Waals surface area contributed by atoms with E-state index >= 15 is 0 Å². The number of rotatable bonds is 6. The first-order valence-electron chi connectivity index (χ1n) is 10.5. The van der Waals surface area contributed by atoms with Crippen LogP contribution in [0.1, 0.15) is 67.6 Å². The van der Waals surface area contributed by atoms with E-state index < -0.39 is 10.0 Å². The Morgan fingerprint density at radius 3 is 2.43 bits per heavy atom. The fraction of sp³-hybridized carbons (Fsp3) is 0.789. The van der Waals surface area contributed by atoms with Crippen LogP contribution in [0.15, 0.2) is 10.6 Å². The number of amides is 1. The molecule has 9 heteroatoms.